The largest absolute Gasteiger partial charge is 0.478 e. The summed E-state index contributed by atoms with van der Waals surface area (Å²) >= 11 is 7.17. The minimum Gasteiger partial charge on any atom is -0.478 e. The minimum atomic E-state index is -0.878. The average molecular weight is 247 g/mol. The molecule has 0 aliphatic carbocycles. The highest BCUT2D eigenvalue weighted by Crippen LogP contribution is 2.18. The van der Waals surface area contributed by atoms with E-state index in [-0.39, 0.29) is 0 Å². The summed E-state index contributed by atoms with van der Waals surface area (Å²) < 4.78 is 5.15. The summed E-state index contributed by atoms with van der Waals surface area (Å²) in [5.41, 5.74) is 0.361. The Morgan fingerprint density at radius 1 is 1.67 bits per heavy atom. The van der Waals surface area contributed by atoms with Crippen molar-refractivity contribution in [1.29, 1.82) is 0 Å². The van der Waals surface area contributed by atoms with E-state index in [1.165, 1.54) is 0 Å². The quantitative estimate of drug-likeness (QED) is 0.640. The van der Waals surface area contributed by atoms with Crippen molar-refractivity contribution in [2.75, 3.05) is 5.75 Å². The molecule has 0 fully saturated rings. The highest BCUT2D eigenvalue weighted by Gasteiger charge is 2.00. The van der Waals surface area contributed by atoms with Gasteiger partial charge in [-0.25, -0.2) is 4.79 Å². The first-order valence-electron chi connectivity index (χ1n) is 4.31. The third-order valence-corrected chi connectivity index (χ3v) is 2.81. The fourth-order valence-corrected chi connectivity index (χ4v) is 1.86. The number of thioether (sulfide) groups is 1. The van der Waals surface area contributed by atoms with Gasteiger partial charge in [-0.05, 0) is 30.7 Å². The van der Waals surface area contributed by atoms with E-state index in [0.29, 0.717) is 22.3 Å². The number of carboxylic acid groups (broad SMARTS) is 1. The van der Waals surface area contributed by atoms with Gasteiger partial charge in [-0.1, -0.05) is 6.08 Å². The van der Waals surface area contributed by atoms with Crippen LogP contribution in [0.1, 0.15) is 12.7 Å². The summed E-state index contributed by atoms with van der Waals surface area (Å²) in [6, 6.07) is 3.50. The van der Waals surface area contributed by atoms with Crippen LogP contribution < -0.4 is 0 Å². The smallest absolute Gasteiger partial charge is 0.330 e. The standard InChI is InChI=1S/C10H11ClO3S/c1-7(10(12)13)4-5-15-6-8-2-3-9(11)14-8/h2-4H,5-6H2,1H3,(H,12,13)/b7-4+. The first kappa shape index (κ1) is 12.2. The Hall–Kier alpha value is -0.870. The summed E-state index contributed by atoms with van der Waals surface area (Å²) in [6.07, 6.45) is 1.68. The van der Waals surface area contributed by atoms with Gasteiger partial charge in [0.05, 0.1) is 5.75 Å². The molecule has 0 aromatic carbocycles. The van der Waals surface area contributed by atoms with Crippen LogP contribution in [0.4, 0.5) is 0 Å². The van der Waals surface area contributed by atoms with Crippen molar-refractivity contribution >= 4 is 29.3 Å². The van der Waals surface area contributed by atoms with Crippen molar-refractivity contribution in [3.8, 4) is 0 Å². The van der Waals surface area contributed by atoms with Crippen molar-refractivity contribution in [1.82, 2.24) is 0 Å². The SMILES string of the molecule is C/C(=C\CSCc1ccc(Cl)o1)C(=O)O. The highest BCUT2D eigenvalue weighted by molar-refractivity contribution is 7.98. The van der Waals surface area contributed by atoms with E-state index in [9.17, 15) is 4.79 Å². The molecule has 1 rings (SSSR count). The minimum absolute atomic E-state index is 0.361. The number of carbonyl (C=O) groups is 1. The van der Waals surface area contributed by atoms with Gasteiger partial charge in [-0.15, -0.1) is 11.8 Å². The number of rotatable bonds is 5. The molecule has 1 N–H and O–H groups in total. The number of halogens is 1. The lowest BCUT2D eigenvalue weighted by Gasteiger charge is -1.95. The number of furan rings is 1. The van der Waals surface area contributed by atoms with Crippen LogP contribution in [0.15, 0.2) is 28.2 Å². The van der Waals surface area contributed by atoms with Crippen LogP contribution in [0.5, 0.6) is 0 Å². The predicted molar refractivity (Wildman–Crippen MR) is 61.3 cm³/mol. The molecule has 0 atom stereocenters. The summed E-state index contributed by atoms with van der Waals surface area (Å²) in [4.78, 5) is 10.5. The molecule has 1 aromatic heterocycles. The Bertz CT molecular complexity index is 370. The van der Waals surface area contributed by atoms with Gasteiger partial charge < -0.3 is 9.52 Å². The van der Waals surface area contributed by atoms with Gasteiger partial charge in [0, 0.05) is 11.3 Å². The molecule has 0 bridgehead atoms. The molecule has 5 heteroatoms. The van der Waals surface area contributed by atoms with Crippen LogP contribution in [0, 0.1) is 0 Å². The maximum Gasteiger partial charge on any atom is 0.330 e. The molecule has 0 unspecified atom stereocenters. The van der Waals surface area contributed by atoms with Crippen molar-refractivity contribution in [3.05, 3.63) is 34.8 Å². The number of hydrogen-bond acceptors (Lipinski definition) is 3. The van der Waals surface area contributed by atoms with Crippen LogP contribution in [0.25, 0.3) is 0 Å². The van der Waals surface area contributed by atoms with E-state index in [2.05, 4.69) is 0 Å². The summed E-state index contributed by atoms with van der Waals surface area (Å²) in [5, 5.41) is 8.97. The first-order chi connectivity index (χ1) is 7.09. The van der Waals surface area contributed by atoms with Crippen molar-refractivity contribution in [2.24, 2.45) is 0 Å². The number of carboxylic acids is 1. The molecule has 0 aliphatic heterocycles. The molecular formula is C10H11ClO3S. The van der Waals surface area contributed by atoms with Gasteiger partial charge in [0.1, 0.15) is 5.76 Å². The third-order valence-electron chi connectivity index (χ3n) is 1.72. The normalized spacial score (nSPS) is 11.7. The summed E-state index contributed by atoms with van der Waals surface area (Å²) in [7, 11) is 0. The molecule has 0 saturated carbocycles. The predicted octanol–water partition coefficient (Wildman–Crippen LogP) is 3.20. The Labute approximate surface area is 97.1 Å². The molecule has 0 saturated heterocycles. The van der Waals surface area contributed by atoms with Gasteiger partial charge in [-0.2, -0.15) is 0 Å². The number of hydrogen-bond donors (Lipinski definition) is 1. The first-order valence-corrected chi connectivity index (χ1v) is 5.85. The van der Waals surface area contributed by atoms with Gasteiger partial charge in [-0.3, -0.25) is 0 Å². The second kappa shape index (κ2) is 5.88. The maximum atomic E-state index is 10.5. The lowest BCUT2D eigenvalue weighted by Crippen LogP contribution is -1.96. The molecule has 1 heterocycles. The Kier molecular flexibility index (Phi) is 4.78. The molecular weight excluding hydrogens is 236 g/mol. The van der Waals surface area contributed by atoms with Crippen molar-refractivity contribution in [3.63, 3.8) is 0 Å². The fourth-order valence-electron chi connectivity index (χ4n) is 0.860. The van der Waals surface area contributed by atoms with E-state index in [1.54, 1.807) is 30.8 Å². The zero-order valence-electron chi connectivity index (χ0n) is 8.20. The highest BCUT2D eigenvalue weighted by atomic mass is 35.5. The second-order valence-corrected chi connectivity index (χ2v) is 4.32. The molecule has 15 heavy (non-hydrogen) atoms. The molecule has 0 radical (unpaired) electrons. The van der Waals surface area contributed by atoms with Crippen LogP contribution in [0.3, 0.4) is 0 Å². The van der Waals surface area contributed by atoms with E-state index < -0.39 is 5.97 Å². The van der Waals surface area contributed by atoms with E-state index in [0.717, 1.165) is 5.76 Å². The zero-order chi connectivity index (χ0) is 11.3. The number of aliphatic carboxylic acids is 1. The molecule has 0 amide bonds. The summed E-state index contributed by atoms with van der Waals surface area (Å²) in [6.45, 7) is 1.58. The van der Waals surface area contributed by atoms with Gasteiger partial charge in [0.2, 0.25) is 0 Å². The van der Waals surface area contributed by atoms with Gasteiger partial charge in [0.25, 0.3) is 0 Å². The van der Waals surface area contributed by atoms with E-state index >= 15 is 0 Å². The van der Waals surface area contributed by atoms with Crippen molar-refractivity contribution < 1.29 is 14.3 Å². The Morgan fingerprint density at radius 3 is 2.93 bits per heavy atom. The van der Waals surface area contributed by atoms with E-state index in [1.807, 2.05) is 6.07 Å². The summed E-state index contributed by atoms with van der Waals surface area (Å²) in [5.74, 6) is 1.26. The Balaban J connectivity index is 2.28. The lowest BCUT2D eigenvalue weighted by molar-refractivity contribution is -0.132. The molecule has 3 nitrogen and oxygen atoms in total. The molecule has 0 spiro atoms. The zero-order valence-corrected chi connectivity index (χ0v) is 9.77. The van der Waals surface area contributed by atoms with Crippen LogP contribution in [-0.2, 0) is 10.5 Å². The monoisotopic (exact) mass is 246 g/mol. The topological polar surface area (TPSA) is 50.4 Å². The second-order valence-electron chi connectivity index (χ2n) is 2.91. The fraction of sp³-hybridized carbons (Fsp3) is 0.300. The van der Waals surface area contributed by atoms with Crippen LogP contribution >= 0.6 is 23.4 Å². The van der Waals surface area contributed by atoms with E-state index in [4.69, 9.17) is 21.1 Å². The third kappa shape index (κ3) is 4.44. The average Bonchev–Trinajstić information content (AvgIpc) is 2.58. The maximum absolute atomic E-state index is 10.5. The van der Waals surface area contributed by atoms with Crippen LogP contribution in [-0.4, -0.2) is 16.8 Å². The van der Waals surface area contributed by atoms with Gasteiger partial charge >= 0.3 is 5.97 Å². The van der Waals surface area contributed by atoms with Crippen LogP contribution in [0.2, 0.25) is 5.22 Å². The molecule has 0 aliphatic rings. The molecule has 1 aromatic rings. The molecule has 82 valence electrons. The van der Waals surface area contributed by atoms with Crippen molar-refractivity contribution in [2.45, 2.75) is 12.7 Å². The van der Waals surface area contributed by atoms with Gasteiger partial charge in [0.15, 0.2) is 5.22 Å². The lowest BCUT2D eigenvalue weighted by atomic mass is 10.3. The Morgan fingerprint density at radius 2 is 2.40 bits per heavy atom.